The number of piperidine rings is 1. The number of nitrogens with one attached hydrogen (secondary N) is 1. The smallest absolute Gasteiger partial charge is 0.243 e. The molecule has 1 aliphatic heterocycles. The van der Waals surface area contributed by atoms with E-state index in [-0.39, 0.29) is 23.3 Å². The molecule has 0 radical (unpaired) electrons. The lowest BCUT2D eigenvalue weighted by Gasteiger charge is -2.31. The van der Waals surface area contributed by atoms with Gasteiger partial charge in [0.25, 0.3) is 0 Å². The average Bonchev–Trinajstić information content (AvgIpc) is 2.66. The van der Waals surface area contributed by atoms with E-state index in [2.05, 4.69) is 5.32 Å². The van der Waals surface area contributed by atoms with E-state index in [0.717, 1.165) is 16.7 Å². The molecule has 3 rings (SSSR count). The Balaban J connectivity index is 1.64. The molecule has 1 saturated heterocycles. The SMILES string of the molecule is Cc1ccc(S(=O)(=O)N2CCCC(C(=O)NCc3cccc(C)c3)C2)cc1. The highest BCUT2D eigenvalue weighted by Crippen LogP contribution is 2.24. The Kier molecular flexibility index (Phi) is 5.97. The van der Waals surface area contributed by atoms with Crippen molar-refractivity contribution in [2.24, 2.45) is 5.92 Å². The standard InChI is InChI=1S/C21H26N2O3S/c1-16-8-10-20(11-9-16)27(25,26)23-12-4-7-19(15-23)21(24)22-14-18-6-3-5-17(2)13-18/h3,5-6,8-11,13,19H,4,7,12,14-15H2,1-2H3,(H,22,24). The summed E-state index contributed by atoms with van der Waals surface area (Å²) in [6, 6.07) is 14.8. The number of sulfonamides is 1. The van der Waals surface area contributed by atoms with Crippen molar-refractivity contribution in [2.45, 2.75) is 38.1 Å². The molecule has 1 heterocycles. The molecule has 2 aromatic carbocycles. The Bertz CT molecular complexity index is 907. The van der Waals surface area contributed by atoms with Gasteiger partial charge >= 0.3 is 0 Å². The van der Waals surface area contributed by atoms with Crippen molar-refractivity contribution >= 4 is 15.9 Å². The minimum atomic E-state index is -3.56. The zero-order valence-corrected chi connectivity index (χ0v) is 16.6. The van der Waals surface area contributed by atoms with Gasteiger partial charge in [-0.25, -0.2) is 8.42 Å². The molecule has 1 unspecified atom stereocenters. The second-order valence-electron chi connectivity index (χ2n) is 7.22. The average molecular weight is 387 g/mol. The van der Waals surface area contributed by atoms with Crippen molar-refractivity contribution < 1.29 is 13.2 Å². The first-order valence-corrected chi connectivity index (χ1v) is 10.7. The molecule has 144 valence electrons. The van der Waals surface area contributed by atoms with E-state index in [1.807, 2.05) is 38.1 Å². The molecular formula is C21H26N2O3S. The summed E-state index contributed by atoms with van der Waals surface area (Å²) in [6.07, 6.45) is 1.40. The molecule has 27 heavy (non-hydrogen) atoms. The zero-order chi connectivity index (χ0) is 19.4. The molecule has 0 saturated carbocycles. The molecule has 0 aromatic heterocycles. The lowest BCUT2D eigenvalue weighted by atomic mass is 9.98. The van der Waals surface area contributed by atoms with Gasteiger partial charge in [-0.2, -0.15) is 4.31 Å². The van der Waals surface area contributed by atoms with Crippen molar-refractivity contribution in [3.8, 4) is 0 Å². The van der Waals surface area contributed by atoms with Gasteiger partial charge < -0.3 is 5.32 Å². The molecule has 0 bridgehead atoms. The van der Waals surface area contributed by atoms with Crippen molar-refractivity contribution in [3.05, 3.63) is 65.2 Å². The van der Waals surface area contributed by atoms with Crippen LogP contribution in [0.5, 0.6) is 0 Å². The fourth-order valence-corrected chi connectivity index (χ4v) is 4.91. The molecule has 1 aliphatic rings. The van der Waals surface area contributed by atoms with E-state index in [9.17, 15) is 13.2 Å². The molecular weight excluding hydrogens is 360 g/mol. The lowest BCUT2D eigenvalue weighted by Crippen LogP contribution is -2.45. The fourth-order valence-electron chi connectivity index (χ4n) is 3.39. The molecule has 0 spiro atoms. The highest BCUT2D eigenvalue weighted by Gasteiger charge is 2.33. The van der Waals surface area contributed by atoms with Crippen LogP contribution in [0, 0.1) is 19.8 Å². The van der Waals surface area contributed by atoms with Crippen LogP contribution in [0.25, 0.3) is 0 Å². The summed E-state index contributed by atoms with van der Waals surface area (Å²) >= 11 is 0. The number of benzene rings is 2. The Labute approximate surface area is 161 Å². The first kappa shape index (κ1) is 19.6. The Morgan fingerprint density at radius 1 is 1.11 bits per heavy atom. The molecule has 2 aromatic rings. The minimum absolute atomic E-state index is 0.0830. The third-order valence-corrected chi connectivity index (χ3v) is 6.84. The van der Waals surface area contributed by atoms with Crippen LogP contribution in [0.2, 0.25) is 0 Å². The predicted octanol–water partition coefficient (Wildman–Crippen LogP) is 3.02. The van der Waals surface area contributed by atoms with Gasteiger partial charge in [0.2, 0.25) is 15.9 Å². The van der Waals surface area contributed by atoms with Gasteiger partial charge in [0.1, 0.15) is 0 Å². The Hall–Kier alpha value is -2.18. The number of aryl methyl sites for hydroxylation is 2. The molecule has 1 atom stereocenters. The zero-order valence-electron chi connectivity index (χ0n) is 15.8. The molecule has 1 N–H and O–H groups in total. The van der Waals surface area contributed by atoms with Crippen molar-refractivity contribution in [1.29, 1.82) is 0 Å². The number of carbonyl (C=O) groups is 1. The fraction of sp³-hybridized carbons (Fsp3) is 0.381. The number of amides is 1. The van der Waals surface area contributed by atoms with E-state index in [0.29, 0.717) is 25.9 Å². The van der Waals surface area contributed by atoms with Gasteiger partial charge in [-0.1, -0.05) is 47.5 Å². The van der Waals surface area contributed by atoms with E-state index in [1.165, 1.54) is 4.31 Å². The third kappa shape index (κ3) is 4.76. The summed E-state index contributed by atoms with van der Waals surface area (Å²) in [4.78, 5) is 12.9. The summed E-state index contributed by atoms with van der Waals surface area (Å²) in [5, 5.41) is 2.95. The van der Waals surface area contributed by atoms with Gasteiger partial charge in [0.05, 0.1) is 10.8 Å². The molecule has 6 heteroatoms. The number of nitrogens with zero attached hydrogens (tertiary/aromatic N) is 1. The second-order valence-corrected chi connectivity index (χ2v) is 9.16. The number of hydrogen-bond acceptors (Lipinski definition) is 3. The number of carbonyl (C=O) groups excluding carboxylic acids is 1. The van der Waals surface area contributed by atoms with Crippen LogP contribution < -0.4 is 5.32 Å². The highest BCUT2D eigenvalue weighted by molar-refractivity contribution is 7.89. The molecule has 5 nitrogen and oxygen atoms in total. The van der Waals surface area contributed by atoms with Crippen LogP contribution in [-0.2, 0) is 21.4 Å². The summed E-state index contributed by atoms with van der Waals surface area (Å²) < 4.78 is 27.2. The van der Waals surface area contributed by atoms with Crippen LogP contribution in [0.15, 0.2) is 53.4 Å². The summed E-state index contributed by atoms with van der Waals surface area (Å²) in [6.45, 7) is 5.08. The lowest BCUT2D eigenvalue weighted by molar-refractivity contribution is -0.126. The van der Waals surface area contributed by atoms with E-state index in [4.69, 9.17) is 0 Å². The largest absolute Gasteiger partial charge is 0.352 e. The summed E-state index contributed by atoms with van der Waals surface area (Å²) in [5.41, 5.74) is 3.21. The van der Waals surface area contributed by atoms with Crippen LogP contribution in [0.1, 0.15) is 29.5 Å². The van der Waals surface area contributed by atoms with E-state index in [1.54, 1.807) is 24.3 Å². The second kappa shape index (κ2) is 8.23. The highest BCUT2D eigenvalue weighted by atomic mass is 32.2. The van der Waals surface area contributed by atoms with E-state index < -0.39 is 10.0 Å². The molecule has 0 aliphatic carbocycles. The normalized spacial score (nSPS) is 18.2. The van der Waals surface area contributed by atoms with Crippen LogP contribution in [0.4, 0.5) is 0 Å². The van der Waals surface area contributed by atoms with Crippen LogP contribution in [0.3, 0.4) is 0 Å². The Morgan fingerprint density at radius 2 is 1.85 bits per heavy atom. The summed E-state index contributed by atoms with van der Waals surface area (Å²) in [7, 11) is -3.56. The van der Waals surface area contributed by atoms with Crippen LogP contribution in [-0.4, -0.2) is 31.7 Å². The number of hydrogen-bond donors (Lipinski definition) is 1. The van der Waals surface area contributed by atoms with Crippen molar-refractivity contribution in [3.63, 3.8) is 0 Å². The van der Waals surface area contributed by atoms with Gasteiger partial charge in [-0.3, -0.25) is 4.79 Å². The Morgan fingerprint density at radius 3 is 2.56 bits per heavy atom. The maximum absolute atomic E-state index is 12.9. The first-order chi connectivity index (χ1) is 12.9. The van der Waals surface area contributed by atoms with Crippen molar-refractivity contribution in [1.82, 2.24) is 9.62 Å². The maximum atomic E-state index is 12.9. The third-order valence-electron chi connectivity index (χ3n) is 4.96. The van der Waals surface area contributed by atoms with Gasteiger partial charge in [0.15, 0.2) is 0 Å². The first-order valence-electron chi connectivity index (χ1n) is 9.26. The summed E-state index contributed by atoms with van der Waals surface area (Å²) in [5.74, 6) is -0.399. The minimum Gasteiger partial charge on any atom is -0.352 e. The number of rotatable bonds is 5. The van der Waals surface area contributed by atoms with Gasteiger partial charge in [0, 0.05) is 19.6 Å². The van der Waals surface area contributed by atoms with E-state index >= 15 is 0 Å². The van der Waals surface area contributed by atoms with Gasteiger partial charge in [-0.05, 0) is 44.4 Å². The molecule has 1 amide bonds. The van der Waals surface area contributed by atoms with Crippen LogP contribution >= 0.6 is 0 Å². The quantitative estimate of drug-likeness (QED) is 0.859. The van der Waals surface area contributed by atoms with Gasteiger partial charge in [-0.15, -0.1) is 0 Å². The maximum Gasteiger partial charge on any atom is 0.243 e. The monoisotopic (exact) mass is 386 g/mol. The topological polar surface area (TPSA) is 66.5 Å². The molecule has 1 fully saturated rings. The van der Waals surface area contributed by atoms with Crippen molar-refractivity contribution in [2.75, 3.05) is 13.1 Å². The predicted molar refractivity (Wildman–Crippen MR) is 106 cm³/mol.